The van der Waals surface area contributed by atoms with Crippen molar-refractivity contribution in [3.05, 3.63) is 23.3 Å². The minimum absolute atomic E-state index is 0.174. The van der Waals surface area contributed by atoms with Crippen LogP contribution in [0.5, 0.6) is 11.5 Å². The molecule has 0 atom stereocenters. The van der Waals surface area contributed by atoms with E-state index in [2.05, 4.69) is 0 Å². The van der Waals surface area contributed by atoms with Crippen LogP contribution in [0, 0.1) is 5.41 Å². The van der Waals surface area contributed by atoms with Gasteiger partial charge in [0.1, 0.15) is 17.1 Å². The maximum Gasteiger partial charge on any atom is 0.309 e. The second-order valence-corrected chi connectivity index (χ2v) is 10.0. The van der Waals surface area contributed by atoms with Crippen LogP contribution in [-0.4, -0.2) is 33.4 Å². The van der Waals surface area contributed by atoms with E-state index < -0.39 is 11.4 Å². The molecule has 0 aromatic heterocycles. The molecule has 1 aliphatic carbocycles. The maximum absolute atomic E-state index is 11.2. The fourth-order valence-electron chi connectivity index (χ4n) is 4.25. The lowest BCUT2D eigenvalue weighted by molar-refractivity contribution is -0.147. The molecule has 0 amide bonds. The van der Waals surface area contributed by atoms with Crippen molar-refractivity contribution in [2.75, 3.05) is 0 Å². The first kappa shape index (κ1) is 26.0. The molecular weight excluding hydrogens is 408 g/mol. The largest absolute Gasteiger partial charge is 0.508 e. The number of rotatable bonds is 17. The number of aliphatic carboxylic acids is 1. The zero-order chi connectivity index (χ0) is 23.6. The van der Waals surface area contributed by atoms with Gasteiger partial charge in [-0.05, 0) is 94.9 Å². The van der Waals surface area contributed by atoms with E-state index >= 15 is 0 Å². The summed E-state index contributed by atoms with van der Waals surface area (Å²) >= 11 is 0. The minimum atomic E-state index is -0.756. The summed E-state index contributed by atoms with van der Waals surface area (Å²) in [4.78, 5) is 21.7. The van der Waals surface area contributed by atoms with Gasteiger partial charge in [-0.1, -0.05) is 32.1 Å². The third kappa shape index (κ3) is 8.36. The fourth-order valence-corrected chi connectivity index (χ4v) is 4.25. The zero-order valence-corrected chi connectivity index (χ0v) is 19.7. The van der Waals surface area contributed by atoms with Gasteiger partial charge in [-0.15, -0.1) is 0 Å². The van der Waals surface area contributed by atoms with Crippen LogP contribution in [0.1, 0.15) is 102 Å². The number of carbonyl (C=O) groups excluding carboxylic acids is 1. The Balaban J connectivity index is 1.67. The van der Waals surface area contributed by atoms with Crippen molar-refractivity contribution in [1.29, 1.82) is 0 Å². The number of carboxylic acids is 1. The van der Waals surface area contributed by atoms with Crippen molar-refractivity contribution in [3.8, 4) is 11.5 Å². The number of phenols is 2. The molecule has 1 fully saturated rings. The number of hydrogen-bond donors (Lipinski definition) is 3. The highest BCUT2D eigenvalue weighted by molar-refractivity contribution is 5.73. The highest BCUT2D eigenvalue weighted by Gasteiger charge is 2.44. The Labute approximate surface area is 192 Å². The number of phenolic OH excluding ortho intramolecular Hbond substituents is 2. The van der Waals surface area contributed by atoms with Gasteiger partial charge < -0.3 is 20.1 Å². The molecule has 6 nitrogen and oxygen atoms in total. The average molecular weight is 449 g/mol. The second-order valence-electron chi connectivity index (χ2n) is 10.0. The van der Waals surface area contributed by atoms with Crippen LogP contribution < -0.4 is 0 Å². The topological polar surface area (TPSA) is 104 Å². The monoisotopic (exact) mass is 448 g/mol. The zero-order valence-electron chi connectivity index (χ0n) is 19.7. The highest BCUT2D eigenvalue weighted by atomic mass is 16.5. The second kappa shape index (κ2) is 12.1. The molecule has 1 aliphatic rings. The molecule has 3 N–H and O–H groups in total. The highest BCUT2D eigenvalue weighted by Crippen LogP contribution is 2.43. The van der Waals surface area contributed by atoms with Gasteiger partial charge in [0.2, 0.25) is 0 Å². The van der Waals surface area contributed by atoms with Crippen molar-refractivity contribution < 1.29 is 29.6 Å². The Hall–Kier alpha value is -2.24. The molecule has 0 radical (unpaired) electrons. The summed E-state index contributed by atoms with van der Waals surface area (Å²) in [6.45, 7) is 4.08. The number of benzene rings is 1. The number of unbranched alkanes of at least 4 members (excludes halogenated alkanes) is 6. The molecule has 0 saturated heterocycles. The molecule has 0 spiro atoms. The molecule has 0 heterocycles. The molecule has 2 rings (SSSR count). The number of aromatic hydroxyl groups is 2. The Morgan fingerprint density at radius 2 is 1.50 bits per heavy atom. The lowest BCUT2D eigenvalue weighted by atomic mass is 9.87. The summed E-state index contributed by atoms with van der Waals surface area (Å²) in [6, 6.07) is 3.30. The van der Waals surface area contributed by atoms with E-state index in [0.29, 0.717) is 25.1 Å². The SMILES string of the molecule is CC(C)(CCCCCCc1cc(O)cc(CCCCCCC2(OC=O)CC2)c1O)C(=O)O. The van der Waals surface area contributed by atoms with E-state index in [9.17, 15) is 19.8 Å². The molecule has 0 aliphatic heterocycles. The lowest BCUT2D eigenvalue weighted by Gasteiger charge is -2.18. The average Bonchev–Trinajstić information content (AvgIpc) is 3.49. The third-order valence-corrected chi connectivity index (χ3v) is 6.76. The van der Waals surface area contributed by atoms with Gasteiger partial charge in [-0.25, -0.2) is 0 Å². The van der Waals surface area contributed by atoms with Gasteiger partial charge in [-0.3, -0.25) is 9.59 Å². The normalized spacial score (nSPS) is 14.8. The molecule has 1 aromatic carbocycles. The van der Waals surface area contributed by atoms with Crippen LogP contribution in [0.15, 0.2) is 12.1 Å². The van der Waals surface area contributed by atoms with E-state index in [-0.39, 0.29) is 11.4 Å². The van der Waals surface area contributed by atoms with Crippen molar-refractivity contribution in [1.82, 2.24) is 0 Å². The van der Waals surface area contributed by atoms with Crippen LogP contribution in [0.4, 0.5) is 0 Å². The number of carboxylic acid groups (broad SMARTS) is 1. The maximum atomic E-state index is 11.2. The van der Waals surface area contributed by atoms with Crippen LogP contribution in [0.2, 0.25) is 0 Å². The van der Waals surface area contributed by atoms with Crippen LogP contribution in [0.25, 0.3) is 0 Å². The first-order valence-electron chi connectivity index (χ1n) is 12.1. The molecule has 1 saturated carbocycles. The summed E-state index contributed by atoms with van der Waals surface area (Å²) in [7, 11) is 0. The van der Waals surface area contributed by atoms with Crippen molar-refractivity contribution in [2.45, 2.75) is 109 Å². The Morgan fingerprint density at radius 1 is 0.969 bits per heavy atom. The molecule has 6 heteroatoms. The van der Waals surface area contributed by atoms with Gasteiger partial charge in [0.15, 0.2) is 0 Å². The van der Waals surface area contributed by atoms with Crippen molar-refractivity contribution >= 4 is 12.4 Å². The minimum Gasteiger partial charge on any atom is -0.508 e. The Morgan fingerprint density at radius 3 is 2.00 bits per heavy atom. The van der Waals surface area contributed by atoms with E-state index in [1.54, 1.807) is 26.0 Å². The van der Waals surface area contributed by atoms with E-state index in [4.69, 9.17) is 9.84 Å². The number of hydrogen-bond acceptors (Lipinski definition) is 5. The summed E-state index contributed by atoms with van der Waals surface area (Å²) < 4.78 is 5.17. The molecule has 1 aromatic rings. The van der Waals surface area contributed by atoms with Gasteiger partial charge in [-0.2, -0.15) is 0 Å². The van der Waals surface area contributed by atoms with Crippen LogP contribution >= 0.6 is 0 Å². The number of aryl methyl sites for hydroxylation is 2. The smallest absolute Gasteiger partial charge is 0.309 e. The summed E-state index contributed by atoms with van der Waals surface area (Å²) in [5.41, 5.74) is 0.729. The summed E-state index contributed by atoms with van der Waals surface area (Å²) in [5.74, 6) is -0.266. The molecule has 0 bridgehead atoms. The first-order valence-corrected chi connectivity index (χ1v) is 12.1. The summed E-state index contributed by atoms with van der Waals surface area (Å²) in [5, 5.41) is 29.9. The third-order valence-electron chi connectivity index (χ3n) is 6.76. The number of ether oxygens (including phenoxy) is 1. The molecule has 32 heavy (non-hydrogen) atoms. The van der Waals surface area contributed by atoms with Gasteiger partial charge >= 0.3 is 5.97 Å². The van der Waals surface area contributed by atoms with Crippen molar-refractivity contribution in [2.24, 2.45) is 5.41 Å². The van der Waals surface area contributed by atoms with E-state index in [1.165, 1.54) is 0 Å². The van der Waals surface area contributed by atoms with Crippen LogP contribution in [0.3, 0.4) is 0 Å². The van der Waals surface area contributed by atoms with Crippen LogP contribution in [-0.2, 0) is 27.2 Å². The van der Waals surface area contributed by atoms with E-state index in [0.717, 1.165) is 88.2 Å². The summed E-state index contributed by atoms with van der Waals surface area (Å²) in [6.07, 6.45) is 12.8. The van der Waals surface area contributed by atoms with Crippen molar-refractivity contribution in [3.63, 3.8) is 0 Å². The first-order chi connectivity index (χ1) is 15.2. The molecule has 180 valence electrons. The Bertz CT molecular complexity index is 751. The lowest BCUT2D eigenvalue weighted by Crippen LogP contribution is -2.23. The predicted molar refractivity (Wildman–Crippen MR) is 124 cm³/mol. The quantitative estimate of drug-likeness (QED) is 0.156. The number of carbonyl (C=O) groups is 2. The predicted octanol–water partition coefficient (Wildman–Crippen LogP) is 5.90. The van der Waals surface area contributed by atoms with Gasteiger partial charge in [0.05, 0.1) is 5.41 Å². The Kier molecular flexibility index (Phi) is 9.85. The molecular formula is C26H40O6. The fraction of sp³-hybridized carbons (Fsp3) is 0.692. The molecule has 0 unspecified atom stereocenters. The van der Waals surface area contributed by atoms with Gasteiger partial charge in [0, 0.05) is 0 Å². The van der Waals surface area contributed by atoms with E-state index in [1.807, 2.05) is 0 Å². The standard InChI is InChI=1S/C26H40O6/c1-25(2,24(30)31)13-9-5-3-7-11-20-17-22(28)18-21(23(20)29)12-8-4-6-10-14-26(15-16-26)32-19-27/h17-19,28-29H,3-16H2,1-2H3,(H,30,31). The van der Waals surface area contributed by atoms with Gasteiger partial charge in [0.25, 0.3) is 6.47 Å².